The van der Waals surface area contributed by atoms with Gasteiger partial charge >= 0.3 is 5.69 Å². The van der Waals surface area contributed by atoms with Crippen molar-refractivity contribution in [1.29, 1.82) is 0 Å². The molecule has 2 aromatic carbocycles. The minimum Gasteiger partial charge on any atom is -0.324 e. The normalized spacial score (nSPS) is 11.0. The van der Waals surface area contributed by atoms with E-state index in [0.717, 1.165) is 15.7 Å². The van der Waals surface area contributed by atoms with E-state index in [-0.39, 0.29) is 18.0 Å². The summed E-state index contributed by atoms with van der Waals surface area (Å²) in [6.07, 6.45) is 0. The number of halogens is 1. The Bertz CT molecular complexity index is 1400. The fraction of sp³-hybridized carbons (Fsp3) is 0.136. The van der Waals surface area contributed by atoms with Gasteiger partial charge in [0.2, 0.25) is 5.91 Å². The number of aromatic nitrogens is 2. The largest absolute Gasteiger partial charge is 0.336 e. The Kier molecular flexibility index (Phi) is 5.32. The number of rotatable bonds is 4. The van der Waals surface area contributed by atoms with Crippen molar-refractivity contribution in [3.8, 4) is 5.69 Å². The van der Waals surface area contributed by atoms with Crippen LogP contribution in [0, 0.1) is 13.8 Å². The molecule has 0 radical (unpaired) electrons. The number of nitrogens with zero attached hydrogens (tertiary/aromatic N) is 2. The second kappa shape index (κ2) is 7.93. The molecule has 8 heteroatoms. The summed E-state index contributed by atoms with van der Waals surface area (Å²) in [5.74, 6) is -0.384. The van der Waals surface area contributed by atoms with Gasteiger partial charge in [0.15, 0.2) is 0 Å². The molecule has 0 saturated heterocycles. The molecule has 1 amide bonds. The van der Waals surface area contributed by atoms with Gasteiger partial charge in [-0.3, -0.25) is 14.2 Å². The molecule has 0 aliphatic carbocycles. The Morgan fingerprint density at radius 2 is 1.83 bits per heavy atom. The lowest BCUT2D eigenvalue weighted by Crippen LogP contribution is -2.40. The van der Waals surface area contributed by atoms with Gasteiger partial charge in [-0.05, 0) is 54.6 Å². The summed E-state index contributed by atoms with van der Waals surface area (Å²) in [6.45, 7) is 3.45. The lowest BCUT2D eigenvalue weighted by molar-refractivity contribution is -0.116. The van der Waals surface area contributed by atoms with Crippen molar-refractivity contribution in [2.45, 2.75) is 20.4 Å². The van der Waals surface area contributed by atoms with Gasteiger partial charge < -0.3 is 5.32 Å². The van der Waals surface area contributed by atoms with Gasteiger partial charge in [0.25, 0.3) is 5.56 Å². The number of carbonyl (C=O) groups excluding carboxylic acids is 1. The number of amides is 1. The first-order valence-corrected chi connectivity index (χ1v) is 10.5. The predicted molar refractivity (Wildman–Crippen MR) is 121 cm³/mol. The lowest BCUT2D eigenvalue weighted by atomic mass is 10.2. The highest BCUT2D eigenvalue weighted by atomic mass is 35.5. The second-order valence-electron chi connectivity index (χ2n) is 6.94. The molecule has 4 rings (SSSR count). The first-order chi connectivity index (χ1) is 14.4. The molecule has 0 bridgehead atoms. The number of anilines is 1. The summed E-state index contributed by atoms with van der Waals surface area (Å²) in [4.78, 5) is 39.1. The number of carbonyl (C=O) groups is 1. The third kappa shape index (κ3) is 3.58. The van der Waals surface area contributed by atoms with E-state index < -0.39 is 5.69 Å². The fourth-order valence-electron chi connectivity index (χ4n) is 3.33. The van der Waals surface area contributed by atoms with Crippen LogP contribution in [0.1, 0.15) is 11.1 Å². The highest BCUT2D eigenvalue weighted by Crippen LogP contribution is 2.21. The van der Waals surface area contributed by atoms with Crippen molar-refractivity contribution in [1.82, 2.24) is 9.13 Å². The molecular formula is C22H18ClN3O3S. The maximum absolute atomic E-state index is 13.3. The molecule has 4 aromatic rings. The first-order valence-electron chi connectivity index (χ1n) is 9.22. The Labute approximate surface area is 181 Å². The zero-order valence-corrected chi connectivity index (χ0v) is 17.9. The summed E-state index contributed by atoms with van der Waals surface area (Å²) < 4.78 is 2.88. The molecule has 0 aliphatic rings. The highest BCUT2D eigenvalue weighted by Gasteiger charge is 2.18. The van der Waals surface area contributed by atoms with Crippen LogP contribution in [0.3, 0.4) is 0 Å². The topological polar surface area (TPSA) is 73.1 Å². The van der Waals surface area contributed by atoms with Crippen LogP contribution in [0.2, 0.25) is 5.02 Å². The van der Waals surface area contributed by atoms with Gasteiger partial charge in [0.05, 0.1) is 11.2 Å². The van der Waals surface area contributed by atoms with E-state index in [9.17, 15) is 14.4 Å². The Balaban J connectivity index is 1.81. The molecular weight excluding hydrogens is 422 g/mol. The van der Waals surface area contributed by atoms with Crippen LogP contribution >= 0.6 is 22.9 Å². The van der Waals surface area contributed by atoms with Crippen molar-refractivity contribution in [2.75, 3.05) is 5.32 Å². The predicted octanol–water partition coefficient (Wildman–Crippen LogP) is 4.12. The molecule has 0 unspecified atom stereocenters. The van der Waals surface area contributed by atoms with Crippen LogP contribution in [0.4, 0.5) is 5.69 Å². The molecule has 0 spiro atoms. The second-order valence-corrected chi connectivity index (χ2v) is 8.29. The Morgan fingerprint density at radius 3 is 2.60 bits per heavy atom. The van der Waals surface area contributed by atoms with E-state index in [2.05, 4.69) is 5.32 Å². The molecule has 6 nitrogen and oxygen atoms in total. The monoisotopic (exact) mass is 439 g/mol. The van der Waals surface area contributed by atoms with Gasteiger partial charge in [0, 0.05) is 10.7 Å². The number of para-hydroxylation sites is 1. The van der Waals surface area contributed by atoms with E-state index in [1.807, 2.05) is 26.0 Å². The number of hydrogen-bond donors (Lipinski definition) is 1. The third-order valence-corrected chi connectivity index (χ3v) is 6.01. The quantitative estimate of drug-likeness (QED) is 0.519. The van der Waals surface area contributed by atoms with Crippen LogP contribution in [0.5, 0.6) is 0 Å². The minimum absolute atomic E-state index is 0.232. The zero-order valence-electron chi connectivity index (χ0n) is 16.3. The molecule has 1 N–H and O–H groups in total. The molecule has 152 valence electrons. The number of hydrogen-bond acceptors (Lipinski definition) is 4. The first kappa shape index (κ1) is 20.1. The summed E-state index contributed by atoms with van der Waals surface area (Å²) in [7, 11) is 0. The Hall–Kier alpha value is -3.16. The number of fused-ring (bicyclic) bond motifs is 1. The fourth-order valence-corrected chi connectivity index (χ4v) is 4.33. The number of aryl methyl sites for hydroxylation is 2. The van der Waals surface area contributed by atoms with Gasteiger partial charge in [-0.1, -0.05) is 35.9 Å². The average molecular weight is 440 g/mol. The minimum atomic E-state index is -0.557. The van der Waals surface area contributed by atoms with E-state index in [0.29, 0.717) is 26.6 Å². The molecule has 2 heterocycles. The third-order valence-electron chi connectivity index (χ3n) is 4.89. The summed E-state index contributed by atoms with van der Waals surface area (Å²) >= 11 is 7.27. The molecule has 0 fully saturated rings. The smallest absolute Gasteiger partial charge is 0.324 e. The summed E-state index contributed by atoms with van der Waals surface area (Å²) in [5.41, 5.74) is 2.22. The molecule has 2 aromatic heterocycles. The highest BCUT2D eigenvalue weighted by molar-refractivity contribution is 7.17. The van der Waals surface area contributed by atoms with Crippen LogP contribution < -0.4 is 16.6 Å². The molecule has 0 aliphatic heterocycles. The van der Waals surface area contributed by atoms with Crippen molar-refractivity contribution in [3.63, 3.8) is 0 Å². The van der Waals surface area contributed by atoms with E-state index in [1.54, 1.807) is 41.8 Å². The van der Waals surface area contributed by atoms with Crippen LogP contribution in [0.25, 0.3) is 15.9 Å². The lowest BCUT2D eigenvalue weighted by Gasteiger charge is -2.14. The average Bonchev–Trinajstić information content (AvgIpc) is 3.20. The number of nitrogens with one attached hydrogen (secondary N) is 1. The van der Waals surface area contributed by atoms with E-state index >= 15 is 0 Å². The van der Waals surface area contributed by atoms with Crippen LogP contribution in [-0.4, -0.2) is 15.0 Å². The SMILES string of the molecule is Cc1ccc(Cl)cc1NC(=O)Cn1c(=O)n(-c2ccccc2C)c(=O)c2sccc21. The molecule has 0 atom stereocenters. The van der Waals surface area contributed by atoms with Crippen molar-refractivity contribution < 1.29 is 4.79 Å². The standard InChI is InChI=1S/C22H18ClN3O3S/c1-13-7-8-15(23)11-16(13)24-19(27)12-25-18-9-10-30-20(18)21(28)26(22(25)29)17-6-4-3-5-14(17)2/h3-11H,12H2,1-2H3,(H,24,27). The van der Waals surface area contributed by atoms with Gasteiger partial charge in [-0.25, -0.2) is 9.36 Å². The summed E-state index contributed by atoms with van der Waals surface area (Å²) in [6, 6.07) is 14.0. The maximum atomic E-state index is 13.3. The van der Waals surface area contributed by atoms with Crippen LogP contribution in [0.15, 0.2) is 63.5 Å². The van der Waals surface area contributed by atoms with E-state index in [4.69, 9.17) is 11.6 Å². The van der Waals surface area contributed by atoms with Gasteiger partial charge in [-0.15, -0.1) is 11.3 Å². The molecule has 0 saturated carbocycles. The molecule has 30 heavy (non-hydrogen) atoms. The zero-order chi connectivity index (χ0) is 21.4. The van der Waals surface area contributed by atoms with Crippen molar-refractivity contribution >= 4 is 44.7 Å². The van der Waals surface area contributed by atoms with Gasteiger partial charge in [0.1, 0.15) is 11.2 Å². The van der Waals surface area contributed by atoms with Crippen molar-refractivity contribution in [3.05, 3.63) is 90.9 Å². The number of benzene rings is 2. The van der Waals surface area contributed by atoms with Gasteiger partial charge in [-0.2, -0.15) is 0 Å². The Morgan fingerprint density at radius 1 is 1.07 bits per heavy atom. The van der Waals surface area contributed by atoms with Crippen LogP contribution in [-0.2, 0) is 11.3 Å². The summed E-state index contributed by atoms with van der Waals surface area (Å²) in [5, 5.41) is 5.04. The maximum Gasteiger partial charge on any atom is 0.336 e. The van der Waals surface area contributed by atoms with E-state index in [1.165, 1.54) is 15.9 Å². The van der Waals surface area contributed by atoms with Crippen molar-refractivity contribution in [2.24, 2.45) is 0 Å². The number of thiophene rings is 1.